The van der Waals surface area contributed by atoms with Crippen molar-refractivity contribution in [2.24, 2.45) is 5.73 Å². The highest BCUT2D eigenvalue weighted by Gasteiger charge is 2.01. The van der Waals surface area contributed by atoms with Crippen molar-refractivity contribution in [2.75, 3.05) is 27.2 Å². The Labute approximate surface area is 80.5 Å². The van der Waals surface area contributed by atoms with Gasteiger partial charge in [-0.25, -0.2) is 0 Å². The molecule has 0 unspecified atom stereocenters. The Morgan fingerprint density at radius 2 is 2.23 bits per heavy atom. The Kier molecular flexibility index (Phi) is 5.54. The highest BCUT2D eigenvalue weighted by atomic mass is 16.2. The van der Waals surface area contributed by atoms with Gasteiger partial charge in [-0.2, -0.15) is 0 Å². The van der Waals surface area contributed by atoms with E-state index in [0.717, 1.165) is 0 Å². The third kappa shape index (κ3) is 7.02. The number of hydrogen-bond acceptors (Lipinski definition) is 3. The normalized spacial score (nSPS) is 10.7. The number of hydrogen-bond donors (Lipinski definition) is 2. The summed E-state index contributed by atoms with van der Waals surface area (Å²) in [6, 6.07) is 0. The lowest BCUT2D eigenvalue weighted by molar-refractivity contribution is -0.121. The van der Waals surface area contributed by atoms with Gasteiger partial charge in [0.2, 0.25) is 11.8 Å². The zero-order valence-electron chi connectivity index (χ0n) is 7.91. The molecule has 0 aliphatic carbocycles. The largest absolute Gasteiger partial charge is 0.366 e. The molecule has 0 heterocycles. The van der Waals surface area contributed by atoms with Crippen LogP contribution in [0.25, 0.3) is 0 Å². The standard InChI is InChI=1S/C8H15N3O2.2H2/c1-10-8(13)6-11(2)5-3-4-7(9)12;;/h3-4H,5-6H2,1-2H3,(H2,9,12)(H,10,13);2*1H/b4-3+;;. The molecule has 0 saturated heterocycles. The van der Waals surface area contributed by atoms with Crippen molar-refractivity contribution in [3.8, 4) is 0 Å². The van der Waals surface area contributed by atoms with Crippen molar-refractivity contribution >= 4 is 11.8 Å². The van der Waals surface area contributed by atoms with Crippen LogP contribution in [0.1, 0.15) is 2.85 Å². The average molecular weight is 189 g/mol. The molecule has 0 aromatic rings. The molecular formula is C8H19N3O2. The zero-order valence-corrected chi connectivity index (χ0v) is 7.91. The van der Waals surface area contributed by atoms with Gasteiger partial charge in [0.25, 0.3) is 0 Å². The maximum absolute atomic E-state index is 10.9. The summed E-state index contributed by atoms with van der Waals surface area (Å²) in [5, 5.41) is 2.50. The molecule has 0 aliphatic heterocycles. The Bertz CT molecular complexity index is 222. The molecule has 0 rings (SSSR count). The molecule has 0 fully saturated rings. The Hall–Kier alpha value is -1.36. The molecular weight excluding hydrogens is 170 g/mol. The number of primary amides is 1. The van der Waals surface area contributed by atoms with Gasteiger partial charge in [-0.1, -0.05) is 6.08 Å². The quantitative estimate of drug-likeness (QED) is 0.556. The van der Waals surface area contributed by atoms with Gasteiger partial charge in [-0.05, 0) is 13.1 Å². The number of nitrogens with zero attached hydrogens (tertiary/aromatic N) is 1. The third-order valence-electron chi connectivity index (χ3n) is 1.39. The summed E-state index contributed by atoms with van der Waals surface area (Å²) < 4.78 is 0. The number of likely N-dealkylation sites (N-methyl/N-ethyl adjacent to an activating group) is 2. The van der Waals surface area contributed by atoms with Gasteiger partial charge in [-0.3, -0.25) is 14.5 Å². The van der Waals surface area contributed by atoms with Crippen molar-refractivity contribution in [3.63, 3.8) is 0 Å². The molecule has 0 aliphatic rings. The van der Waals surface area contributed by atoms with Crippen LogP contribution in [0.2, 0.25) is 0 Å². The third-order valence-corrected chi connectivity index (χ3v) is 1.39. The molecule has 5 nitrogen and oxygen atoms in total. The summed E-state index contributed by atoms with van der Waals surface area (Å²) in [5.41, 5.74) is 4.88. The first kappa shape index (κ1) is 11.6. The van der Waals surface area contributed by atoms with E-state index < -0.39 is 5.91 Å². The second-order valence-corrected chi connectivity index (χ2v) is 2.67. The summed E-state index contributed by atoms with van der Waals surface area (Å²) in [5.74, 6) is -0.539. The Morgan fingerprint density at radius 1 is 1.62 bits per heavy atom. The van der Waals surface area contributed by atoms with Crippen LogP contribution in [0.4, 0.5) is 0 Å². The lowest BCUT2D eigenvalue weighted by atomic mass is 10.4. The van der Waals surface area contributed by atoms with E-state index in [1.54, 1.807) is 25.1 Å². The predicted octanol–water partition coefficient (Wildman–Crippen LogP) is -0.802. The predicted molar refractivity (Wildman–Crippen MR) is 54.1 cm³/mol. The van der Waals surface area contributed by atoms with Crippen molar-refractivity contribution in [2.45, 2.75) is 0 Å². The maximum atomic E-state index is 10.9. The number of carbonyl (C=O) groups is 2. The highest BCUT2D eigenvalue weighted by molar-refractivity contribution is 5.85. The van der Waals surface area contributed by atoms with Crippen LogP contribution in [0.3, 0.4) is 0 Å². The number of amides is 2. The van der Waals surface area contributed by atoms with E-state index in [0.29, 0.717) is 13.1 Å². The lowest BCUT2D eigenvalue weighted by Crippen LogP contribution is -2.33. The van der Waals surface area contributed by atoms with Gasteiger partial charge < -0.3 is 11.1 Å². The molecule has 5 heteroatoms. The zero-order chi connectivity index (χ0) is 10.3. The fourth-order valence-corrected chi connectivity index (χ4v) is 0.738. The van der Waals surface area contributed by atoms with E-state index in [9.17, 15) is 9.59 Å². The van der Waals surface area contributed by atoms with Crippen molar-refractivity contribution in [3.05, 3.63) is 12.2 Å². The monoisotopic (exact) mass is 189 g/mol. The Balaban J connectivity index is -0.000000720. The van der Waals surface area contributed by atoms with E-state index >= 15 is 0 Å². The Morgan fingerprint density at radius 3 is 2.69 bits per heavy atom. The van der Waals surface area contributed by atoms with E-state index in [-0.39, 0.29) is 8.76 Å². The van der Waals surface area contributed by atoms with Gasteiger partial charge in [0, 0.05) is 16.4 Å². The number of nitrogens with one attached hydrogen (secondary N) is 1. The molecule has 0 saturated carbocycles. The van der Waals surface area contributed by atoms with Gasteiger partial charge >= 0.3 is 0 Å². The van der Waals surface area contributed by atoms with Crippen LogP contribution in [0.15, 0.2) is 12.2 Å². The molecule has 0 spiro atoms. The second kappa shape index (κ2) is 6.19. The first-order valence-electron chi connectivity index (χ1n) is 3.91. The molecule has 0 atom stereocenters. The second-order valence-electron chi connectivity index (χ2n) is 2.67. The van der Waals surface area contributed by atoms with Gasteiger partial charge in [0.15, 0.2) is 0 Å². The first-order chi connectivity index (χ1) is 6.06. The molecule has 78 valence electrons. The summed E-state index contributed by atoms with van der Waals surface area (Å²) in [6.45, 7) is 0.829. The van der Waals surface area contributed by atoms with E-state index in [4.69, 9.17) is 5.73 Å². The fourth-order valence-electron chi connectivity index (χ4n) is 0.738. The average Bonchev–Trinajstić information content (AvgIpc) is 2.03. The molecule has 3 N–H and O–H groups in total. The SMILES string of the molecule is CNC(=O)CN(C)C/C=C/C(N)=O.[HH].[HH]. The molecule has 0 aromatic carbocycles. The van der Waals surface area contributed by atoms with Crippen molar-refractivity contribution < 1.29 is 12.4 Å². The van der Waals surface area contributed by atoms with Crippen LogP contribution in [0.5, 0.6) is 0 Å². The van der Waals surface area contributed by atoms with Gasteiger partial charge in [0.1, 0.15) is 0 Å². The number of carbonyl (C=O) groups excluding carboxylic acids is 2. The summed E-state index contributed by atoms with van der Waals surface area (Å²) in [4.78, 5) is 22.9. The summed E-state index contributed by atoms with van der Waals surface area (Å²) >= 11 is 0. The molecule has 0 radical (unpaired) electrons. The molecule has 2 amide bonds. The summed E-state index contributed by atoms with van der Waals surface area (Å²) in [6.07, 6.45) is 2.89. The van der Waals surface area contributed by atoms with Crippen LogP contribution in [-0.2, 0) is 9.59 Å². The molecule has 13 heavy (non-hydrogen) atoms. The van der Waals surface area contributed by atoms with E-state index in [1.807, 2.05) is 0 Å². The van der Waals surface area contributed by atoms with Gasteiger partial charge in [0.05, 0.1) is 6.54 Å². The minimum Gasteiger partial charge on any atom is -0.366 e. The molecule has 0 aromatic heterocycles. The molecule has 0 bridgehead atoms. The summed E-state index contributed by atoms with van der Waals surface area (Å²) in [7, 11) is 3.36. The minimum atomic E-state index is -0.478. The van der Waals surface area contributed by atoms with Gasteiger partial charge in [-0.15, -0.1) is 0 Å². The highest BCUT2D eigenvalue weighted by Crippen LogP contribution is 1.82. The minimum absolute atomic E-state index is 0. The number of nitrogens with two attached hydrogens (primary N) is 1. The van der Waals surface area contributed by atoms with Crippen LogP contribution in [-0.4, -0.2) is 43.9 Å². The van der Waals surface area contributed by atoms with Crippen LogP contribution < -0.4 is 11.1 Å². The topological polar surface area (TPSA) is 75.4 Å². The van der Waals surface area contributed by atoms with Crippen LogP contribution in [0, 0.1) is 0 Å². The first-order valence-corrected chi connectivity index (χ1v) is 3.91. The fraction of sp³-hybridized carbons (Fsp3) is 0.500. The van der Waals surface area contributed by atoms with Crippen molar-refractivity contribution in [1.29, 1.82) is 0 Å². The van der Waals surface area contributed by atoms with E-state index in [2.05, 4.69) is 5.32 Å². The lowest BCUT2D eigenvalue weighted by Gasteiger charge is -2.12. The maximum Gasteiger partial charge on any atom is 0.241 e. The van der Waals surface area contributed by atoms with Crippen LogP contribution >= 0.6 is 0 Å². The number of rotatable bonds is 5. The van der Waals surface area contributed by atoms with Crippen molar-refractivity contribution in [1.82, 2.24) is 10.2 Å². The van der Waals surface area contributed by atoms with E-state index in [1.165, 1.54) is 6.08 Å². The smallest absolute Gasteiger partial charge is 0.241 e.